The molecule has 3 aromatic heterocycles. The summed E-state index contributed by atoms with van der Waals surface area (Å²) in [6, 6.07) is 6.52. The number of morpholine rings is 1. The molecule has 0 bridgehead atoms. The number of thioether (sulfide) groups is 1. The normalized spacial score (nSPS) is 18.0. The topological polar surface area (TPSA) is 66.9 Å². The molecule has 0 unspecified atom stereocenters. The first-order valence-electron chi connectivity index (χ1n) is 8.39. The van der Waals surface area contributed by atoms with Crippen molar-refractivity contribution in [1.82, 2.24) is 20.2 Å². The molecular weight excluding hydrogens is 334 g/mol. The Morgan fingerprint density at radius 2 is 2.28 bits per heavy atom. The first-order chi connectivity index (χ1) is 12.3. The van der Waals surface area contributed by atoms with Crippen LogP contribution >= 0.6 is 11.8 Å². The van der Waals surface area contributed by atoms with Gasteiger partial charge in [-0.05, 0) is 36.9 Å². The summed E-state index contributed by atoms with van der Waals surface area (Å²) in [5, 5.41) is 8.23. The van der Waals surface area contributed by atoms with E-state index in [0.29, 0.717) is 6.04 Å². The van der Waals surface area contributed by atoms with Gasteiger partial charge in [-0.15, -0.1) is 0 Å². The molecule has 1 fully saturated rings. The van der Waals surface area contributed by atoms with Crippen molar-refractivity contribution in [1.29, 1.82) is 0 Å². The van der Waals surface area contributed by atoms with E-state index in [9.17, 15) is 0 Å². The molecule has 0 spiro atoms. The van der Waals surface area contributed by atoms with Crippen LogP contribution in [0.25, 0.3) is 22.3 Å². The van der Waals surface area contributed by atoms with Crippen LogP contribution in [0.5, 0.6) is 0 Å². The number of anilines is 1. The second-order valence-electron chi connectivity index (χ2n) is 6.22. The maximum absolute atomic E-state index is 5.58. The summed E-state index contributed by atoms with van der Waals surface area (Å²) in [6.45, 7) is 4.51. The molecule has 4 rings (SSSR count). The Bertz CT molecular complexity index is 867. The molecule has 4 heterocycles. The van der Waals surface area contributed by atoms with E-state index in [-0.39, 0.29) is 0 Å². The van der Waals surface area contributed by atoms with E-state index < -0.39 is 0 Å². The van der Waals surface area contributed by atoms with Gasteiger partial charge in [-0.3, -0.25) is 10.1 Å². The summed E-state index contributed by atoms with van der Waals surface area (Å²) in [4.78, 5) is 11.9. The molecule has 1 aliphatic heterocycles. The van der Waals surface area contributed by atoms with Crippen molar-refractivity contribution >= 4 is 28.5 Å². The van der Waals surface area contributed by atoms with E-state index in [4.69, 9.17) is 9.72 Å². The molecule has 0 aromatic carbocycles. The molecule has 6 nitrogen and oxygen atoms in total. The van der Waals surface area contributed by atoms with Gasteiger partial charge in [0.15, 0.2) is 0 Å². The van der Waals surface area contributed by atoms with Crippen molar-refractivity contribution in [2.24, 2.45) is 0 Å². The largest absolute Gasteiger partial charge is 0.377 e. The standard InChI is InChI=1S/C18H21N5OS/c1-12-10-24-8-7-23(12)16-9-13(11-25-2)14-3-5-19-18(17(14)21-16)15-4-6-20-22-15/h3-6,9,12H,7-8,10-11H2,1-2H3,(H,20,22)/t12-/m1/s1. The highest BCUT2D eigenvalue weighted by Gasteiger charge is 2.22. The van der Waals surface area contributed by atoms with Gasteiger partial charge in [0.2, 0.25) is 0 Å². The van der Waals surface area contributed by atoms with Crippen LogP contribution in [0.15, 0.2) is 30.6 Å². The summed E-state index contributed by atoms with van der Waals surface area (Å²) in [7, 11) is 0. The number of nitrogens with one attached hydrogen (secondary N) is 1. The van der Waals surface area contributed by atoms with Crippen molar-refractivity contribution in [2.45, 2.75) is 18.7 Å². The minimum Gasteiger partial charge on any atom is -0.377 e. The lowest BCUT2D eigenvalue weighted by atomic mass is 10.1. The summed E-state index contributed by atoms with van der Waals surface area (Å²) >= 11 is 1.82. The Kier molecular flexibility index (Phi) is 4.59. The number of nitrogens with zero attached hydrogens (tertiary/aromatic N) is 4. The molecule has 1 saturated heterocycles. The Labute approximate surface area is 151 Å². The smallest absolute Gasteiger partial charge is 0.130 e. The van der Waals surface area contributed by atoms with Gasteiger partial charge in [-0.2, -0.15) is 16.9 Å². The fourth-order valence-corrected chi connectivity index (χ4v) is 3.83. The highest BCUT2D eigenvalue weighted by Crippen LogP contribution is 2.31. The van der Waals surface area contributed by atoms with E-state index in [0.717, 1.165) is 53.6 Å². The third-order valence-corrected chi connectivity index (χ3v) is 5.12. The van der Waals surface area contributed by atoms with Gasteiger partial charge in [0.05, 0.1) is 24.9 Å². The average Bonchev–Trinajstić information content (AvgIpc) is 3.16. The lowest BCUT2D eigenvalue weighted by Crippen LogP contribution is -2.44. The maximum atomic E-state index is 5.58. The number of hydrogen-bond acceptors (Lipinski definition) is 6. The fraction of sp³-hybridized carbons (Fsp3) is 0.389. The third kappa shape index (κ3) is 3.09. The van der Waals surface area contributed by atoms with Crippen molar-refractivity contribution in [3.05, 3.63) is 36.2 Å². The molecular formula is C18H21N5OS. The Morgan fingerprint density at radius 1 is 1.36 bits per heavy atom. The molecule has 3 aromatic rings. The number of ether oxygens (including phenoxy) is 1. The van der Waals surface area contributed by atoms with Gasteiger partial charge in [0, 0.05) is 30.1 Å². The molecule has 25 heavy (non-hydrogen) atoms. The van der Waals surface area contributed by atoms with Crippen molar-refractivity contribution in [3.63, 3.8) is 0 Å². The Morgan fingerprint density at radius 3 is 3.04 bits per heavy atom. The predicted octanol–water partition coefficient (Wildman–Crippen LogP) is 3.11. The second-order valence-corrected chi connectivity index (χ2v) is 7.08. The van der Waals surface area contributed by atoms with Crippen LogP contribution in [0.2, 0.25) is 0 Å². The average molecular weight is 355 g/mol. The van der Waals surface area contributed by atoms with E-state index in [2.05, 4.69) is 45.4 Å². The molecule has 1 aliphatic rings. The van der Waals surface area contributed by atoms with Crippen molar-refractivity contribution < 1.29 is 4.74 Å². The molecule has 0 radical (unpaired) electrons. The highest BCUT2D eigenvalue weighted by molar-refractivity contribution is 7.97. The molecule has 0 saturated carbocycles. The molecule has 7 heteroatoms. The molecule has 1 N–H and O–H groups in total. The van der Waals surface area contributed by atoms with Crippen molar-refractivity contribution in [2.75, 3.05) is 30.9 Å². The van der Waals surface area contributed by atoms with Crippen LogP contribution in [-0.4, -0.2) is 52.2 Å². The van der Waals surface area contributed by atoms with Gasteiger partial charge >= 0.3 is 0 Å². The van der Waals surface area contributed by atoms with E-state index in [1.165, 1.54) is 5.56 Å². The predicted molar refractivity (Wildman–Crippen MR) is 102 cm³/mol. The van der Waals surface area contributed by atoms with Crippen LogP contribution in [0.3, 0.4) is 0 Å². The number of aromatic nitrogens is 4. The van der Waals surface area contributed by atoms with Gasteiger partial charge in [-0.25, -0.2) is 4.98 Å². The van der Waals surface area contributed by atoms with Crippen LogP contribution in [0.1, 0.15) is 12.5 Å². The molecule has 130 valence electrons. The molecule has 0 aliphatic carbocycles. The second kappa shape index (κ2) is 7.01. The number of H-pyrrole nitrogens is 1. The van der Waals surface area contributed by atoms with Crippen LogP contribution in [0, 0.1) is 0 Å². The van der Waals surface area contributed by atoms with Crippen molar-refractivity contribution in [3.8, 4) is 11.4 Å². The van der Waals surface area contributed by atoms with Crippen LogP contribution < -0.4 is 4.90 Å². The van der Waals surface area contributed by atoms with E-state index in [1.54, 1.807) is 6.20 Å². The van der Waals surface area contributed by atoms with Crippen LogP contribution in [-0.2, 0) is 10.5 Å². The minimum atomic E-state index is 0.313. The quantitative estimate of drug-likeness (QED) is 0.776. The third-order valence-electron chi connectivity index (χ3n) is 4.52. The SMILES string of the molecule is CSCc1cc(N2CCOC[C@H]2C)nc2c(-c3ccn[nH]3)nccc12. The summed E-state index contributed by atoms with van der Waals surface area (Å²) in [5.41, 5.74) is 3.95. The summed E-state index contributed by atoms with van der Waals surface area (Å²) in [6.07, 6.45) is 5.72. The Hall–Kier alpha value is -2.12. The zero-order chi connectivity index (χ0) is 17.2. The summed E-state index contributed by atoms with van der Waals surface area (Å²) < 4.78 is 5.58. The summed E-state index contributed by atoms with van der Waals surface area (Å²) in [5.74, 6) is 1.94. The van der Waals surface area contributed by atoms with Gasteiger partial charge in [0.1, 0.15) is 17.0 Å². The Balaban J connectivity index is 1.91. The zero-order valence-corrected chi connectivity index (χ0v) is 15.2. The number of rotatable bonds is 4. The highest BCUT2D eigenvalue weighted by atomic mass is 32.2. The van der Waals surface area contributed by atoms with E-state index in [1.807, 2.05) is 24.0 Å². The van der Waals surface area contributed by atoms with Gasteiger partial charge < -0.3 is 9.64 Å². The maximum Gasteiger partial charge on any atom is 0.130 e. The monoisotopic (exact) mass is 355 g/mol. The number of pyridine rings is 2. The molecule has 0 amide bonds. The number of fused-ring (bicyclic) bond motifs is 1. The van der Waals surface area contributed by atoms with Gasteiger partial charge in [0.25, 0.3) is 0 Å². The number of aromatic amines is 1. The minimum absolute atomic E-state index is 0.313. The van der Waals surface area contributed by atoms with Crippen LogP contribution in [0.4, 0.5) is 5.82 Å². The first kappa shape index (κ1) is 16.4. The fourth-order valence-electron chi connectivity index (χ4n) is 3.28. The number of hydrogen-bond donors (Lipinski definition) is 1. The zero-order valence-electron chi connectivity index (χ0n) is 14.4. The lowest BCUT2D eigenvalue weighted by Gasteiger charge is -2.34. The van der Waals surface area contributed by atoms with E-state index >= 15 is 0 Å². The molecule has 1 atom stereocenters. The van der Waals surface area contributed by atoms with Gasteiger partial charge in [-0.1, -0.05) is 0 Å². The first-order valence-corrected chi connectivity index (χ1v) is 9.79. The lowest BCUT2D eigenvalue weighted by molar-refractivity contribution is 0.0985.